The van der Waals surface area contributed by atoms with E-state index in [2.05, 4.69) is 5.32 Å². The van der Waals surface area contributed by atoms with Crippen LogP contribution in [0.15, 0.2) is 23.1 Å². The highest BCUT2D eigenvalue weighted by molar-refractivity contribution is 7.89. The fourth-order valence-corrected chi connectivity index (χ4v) is 3.77. The Labute approximate surface area is 122 Å². The van der Waals surface area contributed by atoms with E-state index in [1.165, 1.54) is 26.2 Å². The molecule has 0 spiro atoms. The second-order valence-electron chi connectivity index (χ2n) is 4.77. The highest BCUT2D eigenvalue weighted by atomic mass is 32.2. The van der Waals surface area contributed by atoms with Gasteiger partial charge in [-0.1, -0.05) is 0 Å². The molecule has 21 heavy (non-hydrogen) atoms. The number of sulfonamides is 1. The first-order valence-corrected chi connectivity index (χ1v) is 7.71. The topological polar surface area (TPSA) is 92.8 Å². The van der Waals surface area contributed by atoms with Crippen molar-refractivity contribution < 1.29 is 22.7 Å². The van der Waals surface area contributed by atoms with Crippen LogP contribution < -0.4 is 10.1 Å². The number of hydrogen-bond donors (Lipinski definition) is 1. The number of benzene rings is 1. The fraction of sp³-hybridized carbons (Fsp3) is 0.385. The predicted molar refractivity (Wildman–Crippen MR) is 74.2 cm³/mol. The maximum absolute atomic E-state index is 12.6. The molecule has 1 unspecified atom stereocenters. The van der Waals surface area contributed by atoms with E-state index in [-0.39, 0.29) is 11.4 Å². The molecule has 1 aliphatic rings. The predicted octanol–water partition coefficient (Wildman–Crippen LogP) is 0.0392. The summed E-state index contributed by atoms with van der Waals surface area (Å²) in [6.45, 7) is 2.78. The molecule has 1 aromatic rings. The maximum atomic E-state index is 12.6. The number of amides is 2. The van der Waals surface area contributed by atoms with Crippen LogP contribution in [0.4, 0.5) is 0 Å². The van der Waals surface area contributed by atoms with E-state index in [1.807, 2.05) is 0 Å². The van der Waals surface area contributed by atoms with E-state index >= 15 is 0 Å². The minimum absolute atomic E-state index is 0.0233. The van der Waals surface area contributed by atoms with Crippen LogP contribution >= 0.6 is 0 Å². The number of piperazine rings is 1. The van der Waals surface area contributed by atoms with E-state index in [0.717, 1.165) is 4.31 Å². The Balaban J connectivity index is 2.43. The standard InChI is InChI=1S/C13H16N2O5S/c1-8-6-10(4-5-11(8)20-3)21(18,19)15-7-12(16)14-13(17)9(15)2/h4-6,9H,7H2,1-3H3,(H,14,16,17). The quantitative estimate of drug-likeness (QED) is 0.796. The monoisotopic (exact) mass is 312 g/mol. The molecule has 0 aromatic heterocycles. The molecule has 0 aliphatic carbocycles. The van der Waals surface area contributed by atoms with Gasteiger partial charge in [-0.3, -0.25) is 14.9 Å². The molecule has 1 fully saturated rings. The van der Waals surface area contributed by atoms with Gasteiger partial charge in [0.25, 0.3) is 0 Å². The third kappa shape index (κ3) is 2.77. The summed E-state index contributed by atoms with van der Waals surface area (Å²) in [4.78, 5) is 23.0. The molecule has 8 heteroatoms. The fourth-order valence-electron chi connectivity index (χ4n) is 2.13. The number of aryl methyl sites for hydroxylation is 1. The lowest BCUT2D eigenvalue weighted by atomic mass is 10.2. The molecule has 1 aromatic carbocycles. The van der Waals surface area contributed by atoms with E-state index in [9.17, 15) is 18.0 Å². The molecule has 114 valence electrons. The molecule has 1 N–H and O–H groups in total. The highest BCUT2D eigenvalue weighted by Crippen LogP contribution is 2.25. The first kappa shape index (κ1) is 15.5. The average Bonchev–Trinajstić information content (AvgIpc) is 2.42. The zero-order valence-electron chi connectivity index (χ0n) is 11.9. The Morgan fingerprint density at radius 3 is 2.57 bits per heavy atom. The molecule has 2 amide bonds. The smallest absolute Gasteiger partial charge is 0.244 e. The van der Waals surface area contributed by atoms with Crippen molar-refractivity contribution in [3.05, 3.63) is 23.8 Å². The van der Waals surface area contributed by atoms with Gasteiger partial charge in [-0.15, -0.1) is 0 Å². The molecule has 0 radical (unpaired) electrons. The number of methoxy groups -OCH3 is 1. The van der Waals surface area contributed by atoms with Gasteiger partial charge in [0.2, 0.25) is 21.8 Å². The third-order valence-corrected chi connectivity index (χ3v) is 5.26. The molecule has 0 bridgehead atoms. The number of rotatable bonds is 3. The lowest BCUT2D eigenvalue weighted by molar-refractivity contribution is -0.136. The SMILES string of the molecule is COc1ccc(S(=O)(=O)N2CC(=O)NC(=O)C2C)cc1C. The van der Waals surface area contributed by atoms with Crippen LogP contribution in [0.5, 0.6) is 5.75 Å². The first-order chi connectivity index (χ1) is 9.77. The largest absolute Gasteiger partial charge is 0.496 e. The van der Waals surface area contributed by atoms with Crippen LogP contribution in [-0.4, -0.2) is 44.2 Å². The number of carbonyl (C=O) groups excluding carboxylic acids is 2. The lowest BCUT2D eigenvalue weighted by Gasteiger charge is -2.30. The van der Waals surface area contributed by atoms with Gasteiger partial charge in [0.15, 0.2) is 0 Å². The summed E-state index contributed by atoms with van der Waals surface area (Å²) in [5.74, 6) is -0.693. The van der Waals surface area contributed by atoms with Crippen molar-refractivity contribution in [1.29, 1.82) is 0 Å². The number of nitrogens with zero attached hydrogens (tertiary/aromatic N) is 1. The van der Waals surface area contributed by atoms with Crippen LogP contribution in [0.1, 0.15) is 12.5 Å². The van der Waals surface area contributed by atoms with Crippen LogP contribution in [0.3, 0.4) is 0 Å². The van der Waals surface area contributed by atoms with Gasteiger partial charge in [-0.05, 0) is 37.6 Å². The molecular formula is C13H16N2O5S. The maximum Gasteiger partial charge on any atom is 0.244 e. The van der Waals surface area contributed by atoms with Crippen LogP contribution in [-0.2, 0) is 19.6 Å². The van der Waals surface area contributed by atoms with Crippen molar-refractivity contribution in [2.24, 2.45) is 0 Å². The summed E-state index contributed by atoms with van der Waals surface area (Å²) in [6.07, 6.45) is 0. The second-order valence-corrected chi connectivity index (χ2v) is 6.66. The van der Waals surface area contributed by atoms with Gasteiger partial charge in [0, 0.05) is 0 Å². The zero-order valence-corrected chi connectivity index (χ0v) is 12.7. The van der Waals surface area contributed by atoms with Crippen molar-refractivity contribution in [2.45, 2.75) is 24.8 Å². The van der Waals surface area contributed by atoms with E-state index in [0.29, 0.717) is 11.3 Å². The lowest BCUT2D eigenvalue weighted by Crippen LogP contribution is -2.58. The number of nitrogens with one attached hydrogen (secondary N) is 1. The van der Waals surface area contributed by atoms with E-state index in [4.69, 9.17) is 4.74 Å². The second kappa shape index (κ2) is 5.45. The van der Waals surface area contributed by atoms with E-state index < -0.39 is 27.9 Å². The van der Waals surface area contributed by atoms with Gasteiger partial charge in [-0.25, -0.2) is 8.42 Å². The molecule has 1 aliphatic heterocycles. The van der Waals surface area contributed by atoms with Gasteiger partial charge in [0.1, 0.15) is 11.8 Å². The normalized spacial score (nSPS) is 20.2. The summed E-state index contributed by atoms with van der Waals surface area (Å²) in [5.41, 5.74) is 0.652. The Bertz CT molecular complexity index is 699. The molecule has 7 nitrogen and oxygen atoms in total. The van der Waals surface area contributed by atoms with Crippen molar-refractivity contribution in [3.8, 4) is 5.75 Å². The van der Waals surface area contributed by atoms with Gasteiger partial charge in [-0.2, -0.15) is 4.31 Å². The van der Waals surface area contributed by atoms with Crippen molar-refractivity contribution in [3.63, 3.8) is 0 Å². The molecule has 0 saturated carbocycles. The molecule has 1 heterocycles. The molecule has 1 saturated heterocycles. The van der Waals surface area contributed by atoms with Gasteiger partial charge < -0.3 is 4.74 Å². The third-order valence-electron chi connectivity index (χ3n) is 3.35. The number of hydrogen-bond acceptors (Lipinski definition) is 5. The first-order valence-electron chi connectivity index (χ1n) is 6.27. The summed E-state index contributed by atoms with van der Waals surface area (Å²) in [6, 6.07) is 3.46. The average molecular weight is 312 g/mol. The molecular weight excluding hydrogens is 296 g/mol. The number of carbonyl (C=O) groups is 2. The minimum atomic E-state index is -3.93. The summed E-state index contributed by atoms with van der Waals surface area (Å²) in [7, 11) is -2.44. The summed E-state index contributed by atoms with van der Waals surface area (Å²) >= 11 is 0. The van der Waals surface area contributed by atoms with Crippen molar-refractivity contribution >= 4 is 21.8 Å². The Hall–Kier alpha value is -1.93. The number of imide groups is 1. The minimum Gasteiger partial charge on any atom is -0.496 e. The zero-order chi connectivity index (χ0) is 15.8. The van der Waals surface area contributed by atoms with Crippen LogP contribution in [0.25, 0.3) is 0 Å². The van der Waals surface area contributed by atoms with Crippen molar-refractivity contribution in [1.82, 2.24) is 9.62 Å². The highest BCUT2D eigenvalue weighted by Gasteiger charge is 2.39. The van der Waals surface area contributed by atoms with E-state index in [1.54, 1.807) is 13.0 Å². The summed E-state index contributed by atoms with van der Waals surface area (Å²) in [5, 5.41) is 2.11. The molecule has 1 atom stereocenters. The number of ether oxygens (including phenoxy) is 1. The van der Waals surface area contributed by atoms with Crippen molar-refractivity contribution in [2.75, 3.05) is 13.7 Å². The Kier molecular flexibility index (Phi) is 4.02. The van der Waals surface area contributed by atoms with Crippen LogP contribution in [0, 0.1) is 6.92 Å². The van der Waals surface area contributed by atoms with Gasteiger partial charge in [0.05, 0.1) is 18.6 Å². The Morgan fingerprint density at radius 1 is 1.33 bits per heavy atom. The Morgan fingerprint density at radius 2 is 2.00 bits per heavy atom. The van der Waals surface area contributed by atoms with Gasteiger partial charge >= 0.3 is 0 Å². The van der Waals surface area contributed by atoms with Crippen LogP contribution in [0.2, 0.25) is 0 Å². The molecule has 2 rings (SSSR count). The summed E-state index contributed by atoms with van der Waals surface area (Å²) < 4.78 is 31.2.